The van der Waals surface area contributed by atoms with Gasteiger partial charge in [-0.1, -0.05) is 170 Å². The van der Waals surface area contributed by atoms with Gasteiger partial charge in [0.15, 0.2) is 17.5 Å². The van der Waals surface area contributed by atoms with Gasteiger partial charge in [-0.25, -0.2) is 19.9 Å². The zero-order chi connectivity index (χ0) is 46.8. The van der Waals surface area contributed by atoms with Crippen LogP contribution >= 0.6 is 0 Å². The van der Waals surface area contributed by atoms with Crippen molar-refractivity contribution in [2.24, 2.45) is 0 Å². The fraction of sp³-hybridized carbons (Fsp3) is 0. The van der Waals surface area contributed by atoms with E-state index in [1.165, 1.54) is 21.9 Å². The van der Waals surface area contributed by atoms with Gasteiger partial charge in [-0.2, -0.15) is 0 Å². The van der Waals surface area contributed by atoms with Crippen LogP contribution in [-0.2, 0) is 0 Å². The highest BCUT2D eigenvalue weighted by Crippen LogP contribution is 2.41. The van der Waals surface area contributed by atoms with Crippen molar-refractivity contribution in [2.75, 3.05) is 0 Å². The lowest BCUT2D eigenvalue weighted by Gasteiger charge is -2.11. The molecule has 0 unspecified atom stereocenters. The molecule has 71 heavy (non-hydrogen) atoms. The first-order valence-corrected chi connectivity index (χ1v) is 23.8. The molecular weight excluding hydrogens is 869 g/mol. The van der Waals surface area contributed by atoms with E-state index in [4.69, 9.17) is 24.4 Å². The van der Waals surface area contributed by atoms with E-state index in [0.29, 0.717) is 17.5 Å². The predicted octanol–water partition coefficient (Wildman–Crippen LogP) is 16.2. The van der Waals surface area contributed by atoms with E-state index in [0.717, 1.165) is 94.6 Å². The smallest absolute Gasteiger partial charge is 0.164 e. The van der Waals surface area contributed by atoms with E-state index in [1.807, 2.05) is 54.6 Å². The first-order chi connectivity index (χ1) is 35.2. The maximum atomic E-state index is 6.59. The lowest BCUT2D eigenvalue weighted by molar-refractivity contribution is 0.669. The number of nitrogens with zero attached hydrogens (tertiary/aromatic N) is 6. The van der Waals surface area contributed by atoms with E-state index in [2.05, 4.69) is 197 Å². The summed E-state index contributed by atoms with van der Waals surface area (Å²) >= 11 is 0. The quantitative estimate of drug-likeness (QED) is 0.152. The second-order valence-electron chi connectivity index (χ2n) is 17.8. The van der Waals surface area contributed by atoms with Gasteiger partial charge in [0.2, 0.25) is 0 Å². The summed E-state index contributed by atoms with van der Waals surface area (Å²) in [5, 5.41) is 4.33. The molecule has 0 saturated heterocycles. The molecule has 0 spiro atoms. The van der Waals surface area contributed by atoms with Gasteiger partial charge in [-0.3, -0.25) is 4.57 Å². The van der Waals surface area contributed by atoms with E-state index in [9.17, 15) is 0 Å². The summed E-state index contributed by atoms with van der Waals surface area (Å²) in [6.07, 6.45) is 0. The van der Waals surface area contributed by atoms with Gasteiger partial charge in [0.25, 0.3) is 0 Å². The Balaban J connectivity index is 0.880. The van der Waals surface area contributed by atoms with Gasteiger partial charge in [-0.05, 0) is 95.1 Å². The number of fused-ring (bicyclic) bond motifs is 7. The molecule has 0 fully saturated rings. The number of imidazole rings is 1. The van der Waals surface area contributed by atoms with Crippen molar-refractivity contribution in [3.05, 3.63) is 243 Å². The van der Waals surface area contributed by atoms with E-state index < -0.39 is 0 Å². The summed E-state index contributed by atoms with van der Waals surface area (Å²) in [7, 11) is 0. The van der Waals surface area contributed by atoms with Crippen LogP contribution in [-0.4, -0.2) is 29.1 Å². The fourth-order valence-electron chi connectivity index (χ4n) is 10.2. The summed E-state index contributed by atoms with van der Waals surface area (Å²) in [6.45, 7) is 0. The van der Waals surface area contributed by atoms with Crippen molar-refractivity contribution >= 4 is 54.8 Å². The standard InChI is InChI=1S/C64H40N6O/c1-4-16-41(17-5-1)45-20-14-23-49(38-45)69-55-27-12-10-24-50(55)52-39-46(34-36-56(52)69)47-35-37-58-53(40-47)60-51(25-15-29-59(60)71-58)63-67-61(42-18-6-2-7-19-42)66-62(68-63)43-30-32-44(33-31-43)64-65-54-26-11-13-28-57(54)70(64)48-21-8-3-9-22-48/h1-40H. The molecule has 14 rings (SSSR count). The highest BCUT2D eigenvalue weighted by atomic mass is 16.3. The highest BCUT2D eigenvalue weighted by molar-refractivity contribution is 6.14. The van der Waals surface area contributed by atoms with E-state index in [-0.39, 0.29) is 0 Å². The van der Waals surface area contributed by atoms with Crippen LogP contribution in [0.2, 0.25) is 0 Å². The first-order valence-electron chi connectivity index (χ1n) is 23.8. The highest BCUT2D eigenvalue weighted by Gasteiger charge is 2.21. The molecular formula is C64H40N6O. The minimum atomic E-state index is 0.563. The normalized spacial score (nSPS) is 11.7. The number of aromatic nitrogens is 6. The Bertz CT molecular complexity index is 4330. The summed E-state index contributed by atoms with van der Waals surface area (Å²) in [6, 6.07) is 84.5. The maximum absolute atomic E-state index is 6.59. The largest absolute Gasteiger partial charge is 0.456 e. The molecule has 0 atom stereocenters. The molecule has 0 aliphatic carbocycles. The second kappa shape index (κ2) is 16.5. The molecule has 7 heteroatoms. The number of rotatable bonds is 8. The molecule has 0 N–H and O–H groups in total. The number of para-hydroxylation sites is 4. The van der Waals surface area contributed by atoms with Crippen molar-refractivity contribution < 1.29 is 4.42 Å². The Hall–Kier alpha value is -9.72. The van der Waals surface area contributed by atoms with Crippen LogP contribution in [0.25, 0.3) is 134 Å². The molecule has 0 aliphatic heterocycles. The topological polar surface area (TPSA) is 74.6 Å². The molecule has 7 nitrogen and oxygen atoms in total. The van der Waals surface area contributed by atoms with Crippen molar-refractivity contribution in [2.45, 2.75) is 0 Å². The number of benzene rings is 10. The summed E-state index contributed by atoms with van der Waals surface area (Å²) < 4.78 is 11.2. The van der Waals surface area contributed by atoms with Gasteiger partial charge >= 0.3 is 0 Å². The molecule has 4 aromatic heterocycles. The minimum absolute atomic E-state index is 0.563. The summed E-state index contributed by atoms with van der Waals surface area (Å²) in [4.78, 5) is 20.6. The zero-order valence-electron chi connectivity index (χ0n) is 38.2. The van der Waals surface area contributed by atoms with Crippen LogP contribution in [0, 0.1) is 0 Å². The Labute approximate surface area is 408 Å². The van der Waals surface area contributed by atoms with Gasteiger partial charge in [0, 0.05) is 55.2 Å². The Morgan fingerprint density at radius 2 is 0.845 bits per heavy atom. The van der Waals surface area contributed by atoms with Crippen LogP contribution < -0.4 is 0 Å². The van der Waals surface area contributed by atoms with Crippen LogP contribution in [0.4, 0.5) is 0 Å². The van der Waals surface area contributed by atoms with Gasteiger partial charge in [0.1, 0.15) is 17.0 Å². The lowest BCUT2D eigenvalue weighted by Crippen LogP contribution is -2.01. The monoisotopic (exact) mass is 908 g/mol. The molecule has 10 aromatic carbocycles. The Morgan fingerprint density at radius 3 is 1.63 bits per heavy atom. The first kappa shape index (κ1) is 40.4. The third-order valence-electron chi connectivity index (χ3n) is 13.6. The van der Waals surface area contributed by atoms with Crippen LogP contribution in [0.3, 0.4) is 0 Å². The lowest BCUT2D eigenvalue weighted by atomic mass is 9.99. The van der Waals surface area contributed by atoms with Crippen LogP contribution in [0.5, 0.6) is 0 Å². The van der Waals surface area contributed by atoms with Crippen molar-refractivity contribution in [1.82, 2.24) is 29.1 Å². The van der Waals surface area contributed by atoms with Crippen LogP contribution in [0.1, 0.15) is 0 Å². The molecule has 332 valence electrons. The number of hydrogen-bond donors (Lipinski definition) is 0. The molecule has 0 aliphatic rings. The van der Waals surface area contributed by atoms with Crippen molar-refractivity contribution in [3.63, 3.8) is 0 Å². The third kappa shape index (κ3) is 6.90. The van der Waals surface area contributed by atoms with Gasteiger partial charge < -0.3 is 8.98 Å². The molecule has 4 heterocycles. The summed E-state index contributed by atoms with van der Waals surface area (Å²) in [5.74, 6) is 2.58. The van der Waals surface area contributed by atoms with Crippen molar-refractivity contribution in [1.29, 1.82) is 0 Å². The Morgan fingerprint density at radius 1 is 0.296 bits per heavy atom. The molecule has 14 aromatic rings. The second-order valence-corrected chi connectivity index (χ2v) is 17.8. The van der Waals surface area contributed by atoms with E-state index in [1.54, 1.807) is 0 Å². The molecule has 0 radical (unpaired) electrons. The van der Waals surface area contributed by atoms with Crippen LogP contribution in [0.15, 0.2) is 247 Å². The maximum Gasteiger partial charge on any atom is 0.164 e. The number of furan rings is 1. The average molecular weight is 909 g/mol. The SMILES string of the molecule is c1ccc(-c2cccc(-n3c4ccccc4c4cc(-c5ccc6oc7cccc(-c8nc(-c9ccccc9)nc(-c9ccc(-c%10nc%11ccccc%11n%10-c%10ccccc%10)cc9)n8)c7c6c5)ccc43)c2)cc1. The van der Waals surface area contributed by atoms with E-state index >= 15 is 0 Å². The Kier molecular flexibility index (Phi) is 9.38. The van der Waals surface area contributed by atoms with Gasteiger partial charge in [0.05, 0.1) is 22.1 Å². The van der Waals surface area contributed by atoms with Gasteiger partial charge in [-0.15, -0.1) is 0 Å². The summed E-state index contributed by atoms with van der Waals surface area (Å²) in [5.41, 5.74) is 16.2. The molecule has 0 bridgehead atoms. The zero-order valence-corrected chi connectivity index (χ0v) is 38.2. The van der Waals surface area contributed by atoms with Crippen molar-refractivity contribution in [3.8, 4) is 79.2 Å². The predicted molar refractivity (Wildman–Crippen MR) is 289 cm³/mol. The number of hydrogen-bond acceptors (Lipinski definition) is 5. The average Bonchev–Trinajstić information content (AvgIpc) is 4.13. The molecule has 0 saturated carbocycles. The third-order valence-corrected chi connectivity index (χ3v) is 13.6. The molecule has 0 amide bonds. The fourth-order valence-corrected chi connectivity index (χ4v) is 10.2. The minimum Gasteiger partial charge on any atom is -0.456 e.